The molecule has 2 aromatic carbocycles. The number of hydrogen-bond acceptors (Lipinski definition) is 1. The van der Waals surface area contributed by atoms with Crippen LogP contribution in [0.2, 0.25) is 0 Å². The molecule has 0 aliphatic heterocycles. The van der Waals surface area contributed by atoms with Crippen LogP contribution in [-0.4, -0.2) is 6.03 Å². The quantitative estimate of drug-likeness (QED) is 0.872. The Balaban J connectivity index is 2.29. The van der Waals surface area contributed by atoms with E-state index < -0.39 is 0 Å². The van der Waals surface area contributed by atoms with Gasteiger partial charge in [0.15, 0.2) is 0 Å². The first-order chi connectivity index (χ1) is 9.63. The molecule has 0 aromatic heterocycles. The van der Waals surface area contributed by atoms with Crippen LogP contribution < -0.4 is 10.2 Å². The van der Waals surface area contributed by atoms with E-state index in [1.165, 1.54) is 11.1 Å². The zero-order chi connectivity index (χ0) is 14.5. The first kappa shape index (κ1) is 13.9. The van der Waals surface area contributed by atoms with Gasteiger partial charge in [-0.25, -0.2) is 4.79 Å². The summed E-state index contributed by atoms with van der Waals surface area (Å²) in [4.78, 5) is 13.9. The summed E-state index contributed by atoms with van der Waals surface area (Å²) in [6.45, 7) is 7.71. The van der Waals surface area contributed by atoms with E-state index in [-0.39, 0.29) is 6.03 Å². The highest BCUT2D eigenvalue weighted by Crippen LogP contribution is 2.25. The van der Waals surface area contributed by atoms with E-state index >= 15 is 0 Å². The number of hydrogen-bond donors (Lipinski definition) is 1. The number of nitrogens with zero attached hydrogens (tertiary/aromatic N) is 1. The number of carbonyl (C=O) groups is 1. The number of anilines is 2. The van der Waals surface area contributed by atoms with Crippen LogP contribution in [-0.2, 0) is 0 Å². The molecule has 0 atom stereocenters. The molecule has 0 saturated heterocycles. The minimum absolute atomic E-state index is 0.219. The Hall–Kier alpha value is -2.55. The van der Waals surface area contributed by atoms with Gasteiger partial charge < -0.3 is 5.32 Å². The summed E-state index contributed by atoms with van der Waals surface area (Å²) in [6.07, 6.45) is 1.54. The second-order valence-corrected chi connectivity index (χ2v) is 4.59. The predicted molar refractivity (Wildman–Crippen MR) is 84.1 cm³/mol. The number of benzene rings is 2. The molecule has 2 rings (SSSR count). The molecule has 0 aliphatic carbocycles. The number of carbonyl (C=O) groups excluding carboxylic acids is 1. The molecule has 2 amide bonds. The Morgan fingerprint density at radius 1 is 1.05 bits per heavy atom. The molecule has 20 heavy (non-hydrogen) atoms. The molecule has 1 N–H and O–H groups in total. The van der Waals surface area contributed by atoms with Gasteiger partial charge in [-0.2, -0.15) is 0 Å². The Morgan fingerprint density at radius 3 is 2.20 bits per heavy atom. The lowest BCUT2D eigenvalue weighted by atomic mass is 10.1. The fraction of sp³-hybridized carbons (Fsp3) is 0.118. The van der Waals surface area contributed by atoms with Crippen molar-refractivity contribution in [3.63, 3.8) is 0 Å². The third kappa shape index (κ3) is 2.88. The van der Waals surface area contributed by atoms with Crippen LogP contribution in [0.15, 0.2) is 61.3 Å². The molecular formula is C17H18N2O. The van der Waals surface area contributed by atoms with E-state index in [0.717, 1.165) is 22.5 Å². The van der Waals surface area contributed by atoms with E-state index in [1.54, 1.807) is 0 Å². The maximum absolute atomic E-state index is 12.4. The highest BCUT2D eigenvalue weighted by molar-refractivity contribution is 6.03. The van der Waals surface area contributed by atoms with Gasteiger partial charge in [0, 0.05) is 11.9 Å². The lowest BCUT2D eigenvalue weighted by molar-refractivity contribution is 0.258. The van der Waals surface area contributed by atoms with Gasteiger partial charge in [0.1, 0.15) is 0 Å². The Bertz CT molecular complexity index is 600. The van der Waals surface area contributed by atoms with Crippen molar-refractivity contribution in [2.24, 2.45) is 0 Å². The lowest BCUT2D eigenvalue weighted by Crippen LogP contribution is -2.31. The van der Waals surface area contributed by atoms with Crippen molar-refractivity contribution in [2.45, 2.75) is 13.8 Å². The second-order valence-electron chi connectivity index (χ2n) is 4.59. The van der Waals surface area contributed by atoms with Crippen LogP contribution in [0.1, 0.15) is 11.1 Å². The molecule has 0 unspecified atom stereocenters. The molecule has 3 nitrogen and oxygen atoms in total. The van der Waals surface area contributed by atoms with Crippen molar-refractivity contribution < 1.29 is 4.79 Å². The largest absolute Gasteiger partial charge is 0.330 e. The third-order valence-corrected chi connectivity index (χ3v) is 3.11. The smallest absolute Gasteiger partial charge is 0.307 e. The van der Waals surface area contributed by atoms with Crippen molar-refractivity contribution in [2.75, 3.05) is 10.2 Å². The van der Waals surface area contributed by atoms with Gasteiger partial charge in [0.25, 0.3) is 0 Å². The van der Waals surface area contributed by atoms with Crippen molar-refractivity contribution >= 4 is 17.4 Å². The number of nitrogens with one attached hydrogen (secondary N) is 1. The van der Waals surface area contributed by atoms with Crippen molar-refractivity contribution in [3.8, 4) is 0 Å². The van der Waals surface area contributed by atoms with Crippen LogP contribution >= 0.6 is 0 Å². The summed E-state index contributed by atoms with van der Waals surface area (Å²) in [6, 6.07) is 15.1. The van der Waals surface area contributed by atoms with E-state index in [1.807, 2.05) is 62.4 Å². The lowest BCUT2D eigenvalue weighted by Gasteiger charge is -2.22. The summed E-state index contributed by atoms with van der Waals surface area (Å²) in [7, 11) is 0. The van der Waals surface area contributed by atoms with Gasteiger partial charge in [0.2, 0.25) is 0 Å². The molecule has 102 valence electrons. The highest BCUT2D eigenvalue weighted by Gasteiger charge is 2.16. The average molecular weight is 266 g/mol. The van der Waals surface area contributed by atoms with Gasteiger partial charge in [0.05, 0.1) is 5.69 Å². The molecule has 3 heteroatoms. The van der Waals surface area contributed by atoms with Crippen molar-refractivity contribution in [1.29, 1.82) is 0 Å². The number of aryl methyl sites for hydroxylation is 2. The first-order valence-corrected chi connectivity index (χ1v) is 6.47. The van der Waals surface area contributed by atoms with E-state index in [2.05, 4.69) is 11.9 Å². The molecule has 0 spiro atoms. The summed E-state index contributed by atoms with van der Waals surface area (Å²) < 4.78 is 0. The molecule has 0 saturated carbocycles. The standard InChI is InChI=1S/C17H18N2O/c1-4-19(16-13(2)9-8-10-14(16)3)17(20)18-15-11-6-5-7-12-15/h4-12H,1H2,2-3H3,(H,18,20). The van der Waals surface area contributed by atoms with Crippen molar-refractivity contribution in [1.82, 2.24) is 0 Å². The zero-order valence-electron chi connectivity index (χ0n) is 11.8. The minimum atomic E-state index is -0.219. The third-order valence-electron chi connectivity index (χ3n) is 3.11. The second kappa shape index (κ2) is 6.06. The van der Waals surface area contributed by atoms with Crippen LogP contribution in [0.4, 0.5) is 16.2 Å². The average Bonchev–Trinajstić information content (AvgIpc) is 2.44. The number of para-hydroxylation sites is 2. The first-order valence-electron chi connectivity index (χ1n) is 6.47. The number of urea groups is 1. The maximum atomic E-state index is 12.4. The molecule has 0 radical (unpaired) electrons. The van der Waals surface area contributed by atoms with E-state index in [9.17, 15) is 4.79 Å². The highest BCUT2D eigenvalue weighted by atomic mass is 16.2. The molecule has 2 aromatic rings. The molecular weight excluding hydrogens is 248 g/mol. The fourth-order valence-electron chi connectivity index (χ4n) is 2.17. The number of rotatable bonds is 3. The van der Waals surface area contributed by atoms with Crippen LogP contribution in [0.5, 0.6) is 0 Å². The van der Waals surface area contributed by atoms with E-state index in [4.69, 9.17) is 0 Å². The van der Waals surface area contributed by atoms with E-state index in [0.29, 0.717) is 0 Å². The summed E-state index contributed by atoms with van der Waals surface area (Å²) in [5.74, 6) is 0. The summed E-state index contributed by atoms with van der Waals surface area (Å²) in [5, 5.41) is 2.86. The molecule has 0 aliphatic rings. The van der Waals surface area contributed by atoms with Gasteiger partial charge in [-0.1, -0.05) is 43.0 Å². The summed E-state index contributed by atoms with van der Waals surface area (Å²) in [5.41, 5.74) is 3.70. The maximum Gasteiger partial charge on any atom is 0.330 e. The van der Waals surface area contributed by atoms with Crippen LogP contribution in [0.25, 0.3) is 0 Å². The normalized spacial score (nSPS) is 9.90. The Morgan fingerprint density at radius 2 is 1.65 bits per heavy atom. The zero-order valence-corrected chi connectivity index (χ0v) is 11.8. The predicted octanol–water partition coefficient (Wildman–Crippen LogP) is 4.49. The molecule has 0 fully saturated rings. The van der Waals surface area contributed by atoms with Gasteiger partial charge in [-0.05, 0) is 37.1 Å². The molecule has 0 heterocycles. The van der Waals surface area contributed by atoms with Gasteiger partial charge in [-0.3, -0.25) is 4.90 Å². The van der Waals surface area contributed by atoms with Crippen LogP contribution in [0.3, 0.4) is 0 Å². The SMILES string of the molecule is C=CN(C(=O)Nc1ccccc1)c1c(C)cccc1C. The topological polar surface area (TPSA) is 32.3 Å². The Labute approximate surface area is 119 Å². The van der Waals surface area contributed by atoms with Gasteiger partial charge >= 0.3 is 6.03 Å². The minimum Gasteiger partial charge on any atom is -0.307 e. The molecule has 0 bridgehead atoms. The summed E-state index contributed by atoms with van der Waals surface area (Å²) >= 11 is 0. The van der Waals surface area contributed by atoms with Crippen molar-refractivity contribution in [3.05, 3.63) is 72.4 Å². The Kier molecular flexibility index (Phi) is 4.20. The fourth-order valence-corrected chi connectivity index (χ4v) is 2.17. The van der Waals surface area contributed by atoms with Gasteiger partial charge in [-0.15, -0.1) is 0 Å². The monoisotopic (exact) mass is 266 g/mol. The number of amides is 2. The van der Waals surface area contributed by atoms with Crippen LogP contribution in [0, 0.1) is 13.8 Å².